The molecule has 8 nitrogen and oxygen atoms in total. The van der Waals surface area contributed by atoms with Gasteiger partial charge in [0.05, 0.1) is 29.5 Å². The van der Waals surface area contributed by atoms with Gasteiger partial charge in [-0.3, -0.25) is 10.1 Å². The highest BCUT2D eigenvalue weighted by atomic mass is 32.2. The Hall–Kier alpha value is -2.00. The van der Waals surface area contributed by atoms with Crippen LogP contribution in [0.4, 0.5) is 0 Å². The fourth-order valence-electron chi connectivity index (χ4n) is 4.66. The number of nitrogens with one attached hydrogen (secondary N) is 1. The normalized spacial score (nSPS) is 24.7. The number of aromatic nitrogens is 4. The average Bonchev–Trinajstić information content (AvgIpc) is 3.18. The summed E-state index contributed by atoms with van der Waals surface area (Å²) in [6.45, 7) is 5.64. The summed E-state index contributed by atoms with van der Waals surface area (Å²) in [6, 6.07) is -0.0940. The van der Waals surface area contributed by atoms with Crippen LogP contribution in [0, 0.1) is 13.8 Å². The molecule has 0 radical (unpaired) electrons. The zero-order valence-electron chi connectivity index (χ0n) is 17.3. The van der Waals surface area contributed by atoms with Crippen molar-refractivity contribution >= 4 is 10.0 Å². The third-order valence-electron chi connectivity index (χ3n) is 5.97. The smallest absolute Gasteiger partial charge is 0.247 e. The van der Waals surface area contributed by atoms with Crippen molar-refractivity contribution in [2.24, 2.45) is 0 Å². The summed E-state index contributed by atoms with van der Waals surface area (Å²) in [4.78, 5) is 9.16. The Labute approximate surface area is 172 Å². The summed E-state index contributed by atoms with van der Waals surface area (Å²) in [5, 5.41) is 6.87. The number of sulfonamides is 1. The van der Waals surface area contributed by atoms with Crippen LogP contribution in [0.15, 0.2) is 17.3 Å². The number of H-pyrrole nitrogens is 1. The van der Waals surface area contributed by atoms with Gasteiger partial charge in [0.15, 0.2) is 0 Å². The standard InChI is InChI=1S/C20H29N5O3S/c1-4-5-6-15-11-22-19(12-21-15)28-18-9-16-7-8-17(10-18)25(16)29(26,27)20-13(2)23-24-14(20)3/h11-12,16-18H,4-10H2,1-3H3,(H,23,24)/t16-,17+,18-. The van der Waals surface area contributed by atoms with Gasteiger partial charge in [-0.1, -0.05) is 13.3 Å². The molecule has 158 valence electrons. The molecule has 0 aromatic carbocycles. The van der Waals surface area contributed by atoms with E-state index in [1.807, 2.05) is 0 Å². The van der Waals surface area contributed by atoms with Crippen molar-refractivity contribution in [3.8, 4) is 5.88 Å². The maximum absolute atomic E-state index is 13.3. The molecule has 2 fully saturated rings. The van der Waals surface area contributed by atoms with Crippen LogP contribution in [0.3, 0.4) is 0 Å². The van der Waals surface area contributed by atoms with Crippen molar-refractivity contribution in [2.75, 3.05) is 0 Å². The summed E-state index contributed by atoms with van der Waals surface area (Å²) in [7, 11) is -3.57. The number of unbranched alkanes of at least 4 members (excludes halogenated alkanes) is 1. The predicted molar refractivity (Wildman–Crippen MR) is 108 cm³/mol. The van der Waals surface area contributed by atoms with E-state index in [1.54, 1.807) is 30.5 Å². The van der Waals surface area contributed by atoms with Gasteiger partial charge in [-0.15, -0.1) is 0 Å². The van der Waals surface area contributed by atoms with Gasteiger partial charge in [-0.2, -0.15) is 9.40 Å². The van der Waals surface area contributed by atoms with E-state index in [0.717, 1.165) is 37.8 Å². The summed E-state index contributed by atoms with van der Waals surface area (Å²) in [6.07, 6.45) is 9.65. The molecule has 0 aliphatic carbocycles. The van der Waals surface area contributed by atoms with Crippen LogP contribution in [-0.4, -0.2) is 51.1 Å². The number of rotatable bonds is 7. The first-order valence-electron chi connectivity index (χ1n) is 10.4. The summed E-state index contributed by atoms with van der Waals surface area (Å²) < 4.78 is 34.5. The molecule has 2 saturated heterocycles. The van der Waals surface area contributed by atoms with Crippen molar-refractivity contribution in [3.05, 3.63) is 29.5 Å². The van der Waals surface area contributed by atoms with Crippen molar-refractivity contribution in [1.82, 2.24) is 24.5 Å². The highest BCUT2D eigenvalue weighted by molar-refractivity contribution is 7.89. The SMILES string of the molecule is CCCCc1cnc(O[C@@H]2C[C@H]3CC[C@@H](C2)N3S(=O)(=O)c2c(C)n[nH]c2C)cn1. The molecule has 9 heteroatoms. The Morgan fingerprint density at radius 2 is 1.90 bits per heavy atom. The minimum Gasteiger partial charge on any atom is -0.473 e. The van der Waals surface area contributed by atoms with Gasteiger partial charge >= 0.3 is 0 Å². The van der Waals surface area contributed by atoms with Crippen LogP contribution < -0.4 is 4.74 Å². The van der Waals surface area contributed by atoms with Crippen molar-refractivity contribution < 1.29 is 13.2 Å². The molecule has 0 unspecified atom stereocenters. The molecule has 0 spiro atoms. The monoisotopic (exact) mass is 419 g/mol. The molecule has 0 saturated carbocycles. The second-order valence-corrected chi connectivity index (χ2v) is 9.92. The first-order valence-corrected chi connectivity index (χ1v) is 11.9. The van der Waals surface area contributed by atoms with E-state index in [0.29, 0.717) is 35.0 Å². The highest BCUT2D eigenvalue weighted by Gasteiger charge is 2.49. The second-order valence-electron chi connectivity index (χ2n) is 8.14. The molecule has 4 heterocycles. The largest absolute Gasteiger partial charge is 0.473 e. The van der Waals surface area contributed by atoms with E-state index in [4.69, 9.17) is 4.74 Å². The summed E-state index contributed by atoms with van der Waals surface area (Å²) >= 11 is 0. The number of ether oxygens (including phenoxy) is 1. The first kappa shape index (κ1) is 20.3. The maximum Gasteiger partial charge on any atom is 0.247 e. The molecule has 3 atom stereocenters. The summed E-state index contributed by atoms with van der Waals surface area (Å²) in [5.74, 6) is 0.521. The molecule has 1 N–H and O–H groups in total. The Balaban J connectivity index is 1.45. The number of piperidine rings is 1. The second kappa shape index (κ2) is 8.02. The Morgan fingerprint density at radius 1 is 1.17 bits per heavy atom. The van der Waals surface area contributed by atoms with Crippen LogP contribution in [0.5, 0.6) is 5.88 Å². The van der Waals surface area contributed by atoms with Crippen LogP contribution in [0.1, 0.15) is 62.5 Å². The zero-order valence-corrected chi connectivity index (χ0v) is 18.1. The molecule has 4 rings (SSSR count). The minimum atomic E-state index is -3.57. The molecule has 2 bridgehead atoms. The minimum absolute atomic E-state index is 0.0405. The lowest BCUT2D eigenvalue weighted by Crippen LogP contribution is -2.49. The van der Waals surface area contributed by atoms with Gasteiger partial charge in [0.25, 0.3) is 0 Å². The van der Waals surface area contributed by atoms with Crippen LogP contribution >= 0.6 is 0 Å². The molecule has 29 heavy (non-hydrogen) atoms. The molecule has 2 aliphatic heterocycles. The van der Waals surface area contributed by atoms with Gasteiger partial charge in [0.2, 0.25) is 15.9 Å². The van der Waals surface area contributed by atoms with Gasteiger partial charge in [0, 0.05) is 24.9 Å². The van der Waals surface area contributed by atoms with Crippen LogP contribution in [0.25, 0.3) is 0 Å². The van der Waals surface area contributed by atoms with E-state index in [1.165, 1.54) is 0 Å². The average molecular weight is 420 g/mol. The Kier molecular flexibility index (Phi) is 5.61. The van der Waals surface area contributed by atoms with Crippen LogP contribution in [-0.2, 0) is 16.4 Å². The van der Waals surface area contributed by atoms with Crippen molar-refractivity contribution in [1.29, 1.82) is 0 Å². The number of aryl methyl sites for hydroxylation is 3. The predicted octanol–water partition coefficient (Wildman–Crippen LogP) is 2.92. The van der Waals surface area contributed by atoms with E-state index in [9.17, 15) is 8.42 Å². The molecule has 2 aliphatic rings. The lowest BCUT2D eigenvalue weighted by Gasteiger charge is -2.37. The highest BCUT2D eigenvalue weighted by Crippen LogP contribution is 2.41. The maximum atomic E-state index is 13.3. The molecule has 0 amide bonds. The first-order chi connectivity index (χ1) is 13.9. The fourth-order valence-corrected chi connectivity index (χ4v) is 6.89. The fraction of sp³-hybridized carbons (Fsp3) is 0.650. The van der Waals surface area contributed by atoms with Crippen molar-refractivity contribution in [2.45, 2.75) is 88.8 Å². The molecular weight excluding hydrogens is 390 g/mol. The third kappa shape index (κ3) is 3.90. The van der Waals surface area contributed by atoms with E-state index < -0.39 is 10.0 Å². The summed E-state index contributed by atoms with van der Waals surface area (Å²) in [5.41, 5.74) is 2.10. The zero-order chi connectivity index (χ0) is 20.6. The van der Waals surface area contributed by atoms with E-state index in [-0.39, 0.29) is 18.2 Å². The molecule has 2 aromatic heterocycles. The number of hydrogen-bond acceptors (Lipinski definition) is 6. The third-order valence-corrected chi connectivity index (χ3v) is 8.24. The topological polar surface area (TPSA) is 101 Å². The number of aromatic amines is 1. The van der Waals surface area contributed by atoms with E-state index >= 15 is 0 Å². The van der Waals surface area contributed by atoms with Crippen molar-refractivity contribution in [3.63, 3.8) is 0 Å². The van der Waals surface area contributed by atoms with Gasteiger partial charge in [0.1, 0.15) is 11.0 Å². The lowest BCUT2D eigenvalue weighted by atomic mass is 10.0. The quantitative estimate of drug-likeness (QED) is 0.740. The number of hydrogen-bond donors (Lipinski definition) is 1. The Morgan fingerprint density at radius 3 is 2.45 bits per heavy atom. The van der Waals surface area contributed by atoms with Gasteiger partial charge < -0.3 is 4.74 Å². The lowest BCUT2D eigenvalue weighted by molar-refractivity contribution is 0.0913. The number of fused-ring (bicyclic) bond motifs is 2. The Bertz CT molecular complexity index is 923. The van der Waals surface area contributed by atoms with Gasteiger partial charge in [-0.25, -0.2) is 13.4 Å². The number of nitrogens with zero attached hydrogens (tertiary/aromatic N) is 4. The molecule has 2 aromatic rings. The molecular formula is C20H29N5O3S. The van der Waals surface area contributed by atoms with Crippen LogP contribution in [0.2, 0.25) is 0 Å². The van der Waals surface area contributed by atoms with Gasteiger partial charge in [-0.05, 0) is 39.5 Å². The van der Waals surface area contributed by atoms with E-state index in [2.05, 4.69) is 27.1 Å².